The minimum absolute atomic E-state index is 0.0310. The van der Waals surface area contributed by atoms with Gasteiger partial charge in [-0.15, -0.1) is 0 Å². The fraction of sp³-hybridized carbons (Fsp3) is 0.375. The Labute approximate surface area is 269 Å². The smallest absolute Gasteiger partial charge is 0.273 e. The van der Waals surface area contributed by atoms with Crippen LogP contribution in [-0.2, 0) is 26.2 Å². The molecule has 1 atom stereocenters. The van der Waals surface area contributed by atoms with Gasteiger partial charge in [-0.25, -0.2) is 8.42 Å². The quantitative estimate of drug-likeness (QED) is 0.174. The third kappa shape index (κ3) is 8.73. The molecule has 3 aromatic carbocycles. The Hall–Kier alpha value is -4.16. The summed E-state index contributed by atoms with van der Waals surface area (Å²) in [4.78, 5) is 39.6. The standard InChI is InChI=1S/C32H39ClN4O7S/c1-7-27(32(39)34-18-21(2)3)35(19-24-11-8-22(4)9-12-24)31(38)20-36(29-16-25(33)13-15-30(29)44-6)45(42,43)26-14-10-23(5)28(17-26)37(40)41/h8-17,21,27H,7,18-20H2,1-6H3,(H,34,39)/t27-/m1/s1. The highest BCUT2D eigenvalue weighted by atomic mass is 35.5. The number of anilines is 1. The number of nitrogens with one attached hydrogen (secondary N) is 1. The highest BCUT2D eigenvalue weighted by Crippen LogP contribution is 2.36. The summed E-state index contributed by atoms with van der Waals surface area (Å²) in [5, 5.41) is 14.7. The highest BCUT2D eigenvalue weighted by molar-refractivity contribution is 7.92. The van der Waals surface area contributed by atoms with E-state index < -0.39 is 44.0 Å². The van der Waals surface area contributed by atoms with Crippen LogP contribution in [-0.4, -0.2) is 56.3 Å². The first-order valence-electron chi connectivity index (χ1n) is 14.4. The van der Waals surface area contributed by atoms with Crippen molar-refractivity contribution in [3.8, 4) is 5.75 Å². The number of ether oxygens (including phenoxy) is 1. The van der Waals surface area contributed by atoms with Gasteiger partial charge in [0.1, 0.15) is 18.3 Å². The van der Waals surface area contributed by atoms with Gasteiger partial charge in [0, 0.05) is 29.7 Å². The minimum atomic E-state index is -4.62. The molecule has 2 amide bonds. The van der Waals surface area contributed by atoms with Crippen LogP contribution in [0.2, 0.25) is 5.02 Å². The van der Waals surface area contributed by atoms with Crippen LogP contribution in [0.5, 0.6) is 5.75 Å². The van der Waals surface area contributed by atoms with Gasteiger partial charge in [0.05, 0.1) is 22.6 Å². The molecular formula is C32H39ClN4O7S. The molecule has 0 aliphatic carbocycles. The van der Waals surface area contributed by atoms with Gasteiger partial charge in [0.25, 0.3) is 15.7 Å². The van der Waals surface area contributed by atoms with Gasteiger partial charge in [0.2, 0.25) is 11.8 Å². The summed E-state index contributed by atoms with van der Waals surface area (Å²) in [7, 11) is -3.28. The molecule has 0 aromatic heterocycles. The average Bonchev–Trinajstić information content (AvgIpc) is 2.99. The third-order valence-electron chi connectivity index (χ3n) is 7.20. The molecule has 3 rings (SSSR count). The van der Waals surface area contributed by atoms with Crippen LogP contribution in [0, 0.1) is 29.9 Å². The van der Waals surface area contributed by atoms with Gasteiger partial charge >= 0.3 is 0 Å². The summed E-state index contributed by atoms with van der Waals surface area (Å²) in [5.41, 5.74) is 1.58. The zero-order chi connectivity index (χ0) is 33.5. The number of sulfonamides is 1. The summed E-state index contributed by atoms with van der Waals surface area (Å²) >= 11 is 6.28. The molecule has 1 N–H and O–H groups in total. The van der Waals surface area contributed by atoms with Crippen LogP contribution < -0.4 is 14.4 Å². The van der Waals surface area contributed by atoms with Gasteiger partial charge in [-0.05, 0) is 56.0 Å². The second kappa shape index (κ2) is 15.2. The van der Waals surface area contributed by atoms with Crippen LogP contribution in [0.15, 0.2) is 65.6 Å². The fourth-order valence-electron chi connectivity index (χ4n) is 4.68. The van der Waals surface area contributed by atoms with Gasteiger partial charge in [0.15, 0.2) is 0 Å². The van der Waals surface area contributed by atoms with Crippen molar-refractivity contribution in [1.29, 1.82) is 0 Å². The molecule has 0 saturated carbocycles. The van der Waals surface area contributed by atoms with Gasteiger partial charge in [-0.3, -0.25) is 24.0 Å². The van der Waals surface area contributed by atoms with E-state index in [1.165, 1.54) is 49.3 Å². The summed E-state index contributed by atoms with van der Waals surface area (Å²) < 4.78 is 34.8. The Morgan fingerprint density at radius 2 is 1.71 bits per heavy atom. The molecule has 11 nitrogen and oxygen atoms in total. The molecule has 45 heavy (non-hydrogen) atoms. The Balaban J connectivity index is 2.17. The van der Waals surface area contributed by atoms with Crippen molar-refractivity contribution in [2.24, 2.45) is 5.92 Å². The van der Waals surface area contributed by atoms with E-state index in [1.54, 1.807) is 6.92 Å². The predicted octanol–water partition coefficient (Wildman–Crippen LogP) is 5.65. The maximum atomic E-state index is 14.3. The van der Waals surface area contributed by atoms with E-state index in [1.807, 2.05) is 45.0 Å². The molecule has 0 radical (unpaired) electrons. The molecule has 0 aliphatic heterocycles. The van der Waals surface area contributed by atoms with Crippen LogP contribution in [0.3, 0.4) is 0 Å². The number of carbonyl (C=O) groups excluding carboxylic acids is 2. The lowest BCUT2D eigenvalue weighted by atomic mass is 10.1. The van der Waals surface area contributed by atoms with E-state index in [4.69, 9.17) is 16.3 Å². The Morgan fingerprint density at radius 1 is 1.04 bits per heavy atom. The number of nitro groups is 1. The minimum Gasteiger partial charge on any atom is -0.495 e. The van der Waals surface area contributed by atoms with Crippen molar-refractivity contribution in [2.45, 2.75) is 58.5 Å². The average molecular weight is 659 g/mol. The second-order valence-corrected chi connectivity index (χ2v) is 13.4. The number of hydrogen-bond donors (Lipinski definition) is 1. The molecule has 0 spiro atoms. The number of methoxy groups -OCH3 is 1. The van der Waals surface area contributed by atoms with Crippen LogP contribution in [0.1, 0.15) is 43.9 Å². The summed E-state index contributed by atoms with van der Waals surface area (Å²) in [6.45, 7) is 8.78. The summed E-state index contributed by atoms with van der Waals surface area (Å²) in [6, 6.07) is 14.4. The van der Waals surface area contributed by atoms with E-state index >= 15 is 0 Å². The maximum Gasteiger partial charge on any atom is 0.273 e. The first kappa shape index (κ1) is 35.3. The van der Waals surface area contributed by atoms with Crippen molar-refractivity contribution >= 4 is 44.8 Å². The van der Waals surface area contributed by atoms with Crippen LogP contribution in [0.4, 0.5) is 11.4 Å². The number of hydrogen-bond acceptors (Lipinski definition) is 7. The number of carbonyl (C=O) groups is 2. The summed E-state index contributed by atoms with van der Waals surface area (Å²) in [5.74, 6) is -0.767. The normalized spacial score (nSPS) is 12.0. The van der Waals surface area contributed by atoms with Crippen LogP contribution >= 0.6 is 11.6 Å². The van der Waals surface area contributed by atoms with E-state index in [9.17, 15) is 28.1 Å². The van der Waals surface area contributed by atoms with Gasteiger partial charge < -0.3 is 15.0 Å². The highest BCUT2D eigenvalue weighted by Gasteiger charge is 2.35. The van der Waals surface area contributed by atoms with Crippen LogP contribution in [0.25, 0.3) is 0 Å². The lowest BCUT2D eigenvalue weighted by Crippen LogP contribution is -2.52. The zero-order valence-corrected chi connectivity index (χ0v) is 27.8. The predicted molar refractivity (Wildman–Crippen MR) is 174 cm³/mol. The Morgan fingerprint density at radius 3 is 2.29 bits per heavy atom. The first-order chi connectivity index (χ1) is 21.2. The molecule has 242 valence electrons. The van der Waals surface area contributed by atoms with E-state index in [2.05, 4.69) is 5.32 Å². The molecule has 3 aromatic rings. The molecule has 0 saturated heterocycles. The van der Waals surface area contributed by atoms with Gasteiger partial charge in [-0.1, -0.05) is 68.3 Å². The molecule has 0 unspecified atom stereocenters. The van der Waals surface area contributed by atoms with Crippen molar-refractivity contribution < 1.29 is 27.7 Å². The number of halogens is 1. The number of nitrogens with zero attached hydrogens (tertiary/aromatic N) is 3. The maximum absolute atomic E-state index is 14.3. The lowest BCUT2D eigenvalue weighted by Gasteiger charge is -2.33. The zero-order valence-electron chi connectivity index (χ0n) is 26.2. The summed E-state index contributed by atoms with van der Waals surface area (Å²) in [6.07, 6.45) is 0.263. The molecule has 13 heteroatoms. The van der Waals surface area contributed by atoms with E-state index in [-0.39, 0.29) is 46.8 Å². The van der Waals surface area contributed by atoms with Crippen molar-refractivity contribution in [3.63, 3.8) is 0 Å². The van der Waals surface area contributed by atoms with Crippen molar-refractivity contribution in [1.82, 2.24) is 10.2 Å². The number of amides is 2. The molecule has 0 aliphatic rings. The molecule has 0 bridgehead atoms. The number of rotatable bonds is 14. The lowest BCUT2D eigenvalue weighted by molar-refractivity contribution is -0.385. The molecule has 0 fully saturated rings. The topological polar surface area (TPSA) is 139 Å². The number of nitro benzene ring substituents is 1. The second-order valence-electron chi connectivity index (χ2n) is 11.1. The molecule has 0 heterocycles. The fourth-order valence-corrected chi connectivity index (χ4v) is 6.28. The first-order valence-corrected chi connectivity index (χ1v) is 16.2. The SMILES string of the molecule is CC[C@H](C(=O)NCC(C)C)N(Cc1ccc(C)cc1)C(=O)CN(c1cc(Cl)ccc1OC)S(=O)(=O)c1ccc(C)c([N+](=O)[O-])c1. The monoisotopic (exact) mass is 658 g/mol. The Bertz CT molecular complexity index is 1650. The number of benzene rings is 3. The van der Waals surface area contributed by atoms with E-state index in [0.717, 1.165) is 21.5 Å². The largest absolute Gasteiger partial charge is 0.495 e. The number of aryl methyl sites for hydroxylation is 2. The van der Waals surface area contributed by atoms with Gasteiger partial charge in [-0.2, -0.15) is 0 Å². The third-order valence-corrected chi connectivity index (χ3v) is 9.19. The van der Waals surface area contributed by atoms with E-state index in [0.29, 0.717) is 6.54 Å². The van der Waals surface area contributed by atoms with Crippen molar-refractivity contribution in [2.75, 3.05) is 24.5 Å². The van der Waals surface area contributed by atoms with Crippen molar-refractivity contribution in [3.05, 3.63) is 92.5 Å². The Kier molecular flexibility index (Phi) is 11.9. The molecular weight excluding hydrogens is 620 g/mol.